The molecule has 1 aromatic heterocycles. The third-order valence-electron chi connectivity index (χ3n) is 4.65. The first kappa shape index (κ1) is 13.9. The molecule has 1 heterocycles. The second-order valence-electron chi connectivity index (χ2n) is 6.21. The molecule has 0 radical (unpaired) electrons. The van der Waals surface area contributed by atoms with Crippen LogP contribution in [0.2, 0.25) is 0 Å². The maximum absolute atomic E-state index is 13.0. The summed E-state index contributed by atoms with van der Waals surface area (Å²) in [5.41, 5.74) is 6.10. The molecule has 2 N–H and O–H groups in total. The molecule has 0 unspecified atom stereocenters. The summed E-state index contributed by atoms with van der Waals surface area (Å²) in [4.78, 5) is 4.39. The van der Waals surface area contributed by atoms with Crippen LogP contribution in [-0.2, 0) is 0 Å². The Kier molecular flexibility index (Phi) is 3.27. The normalized spacial score (nSPS) is 22.6. The summed E-state index contributed by atoms with van der Waals surface area (Å²) >= 11 is 0. The van der Waals surface area contributed by atoms with Crippen LogP contribution in [0.5, 0.6) is 0 Å². The lowest BCUT2D eigenvalue weighted by Crippen LogP contribution is -2.28. The molecule has 0 saturated heterocycles. The van der Waals surface area contributed by atoms with E-state index >= 15 is 0 Å². The van der Waals surface area contributed by atoms with Crippen molar-refractivity contribution >= 4 is 0 Å². The van der Waals surface area contributed by atoms with Gasteiger partial charge < -0.3 is 5.73 Å². The van der Waals surface area contributed by atoms with Crippen LogP contribution in [0.1, 0.15) is 55.2 Å². The maximum atomic E-state index is 13.0. The number of alkyl halides is 3. The van der Waals surface area contributed by atoms with Crippen LogP contribution in [0.15, 0.2) is 18.3 Å². The zero-order chi connectivity index (χ0) is 14.4. The summed E-state index contributed by atoms with van der Waals surface area (Å²) < 4.78 is 39.1. The standard InChI is InChI=1S/C15H19F3N2/c16-15(17,18)14(5-6-14)7-12(8-19)11-3-4-13(20-9-11)10-1-2-10/h3-4,9-10,12H,1-2,5-8,19H2/t12-/m1/s1. The fourth-order valence-electron chi connectivity index (χ4n) is 2.84. The van der Waals surface area contributed by atoms with Gasteiger partial charge in [0.15, 0.2) is 0 Å². The highest BCUT2D eigenvalue weighted by molar-refractivity contribution is 5.24. The lowest BCUT2D eigenvalue weighted by Gasteiger charge is -2.24. The average Bonchev–Trinajstić information content (AvgIpc) is 3.27. The smallest absolute Gasteiger partial charge is 0.330 e. The van der Waals surface area contributed by atoms with E-state index in [4.69, 9.17) is 5.73 Å². The largest absolute Gasteiger partial charge is 0.394 e. The number of hydrogen-bond acceptors (Lipinski definition) is 2. The second-order valence-corrected chi connectivity index (χ2v) is 6.21. The third kappa shape index (κ3) is 2.55. The van der Waals surface area contributed by atoms with E-state index < -0.39 is 11.6 Å². The highest BCUT2D eigenvalue weighted by atomic mass is 19.4. The van der Waals surface area contributed by atoms with Crippen molar-refractivity contribution in [3.8, 4) is 0 Å². The number of nitrogens with two attached hydrogens (primary N) is 1. The van der Waals surface area contributed by atoms with Crippen molar-refractivity contribution in [3.63, 3.8) is 0 Å². The molecule has 3 rings (SSSR count). The monoisotopic (exact) mass is 284 g/mol. The Morgan fingerprint density at radius 1 is 1.30 bits per heavy atom. The minimum atomic E-state index is -4.11. The summed E-state index contributed by atoms with van der Waals surface area (Å²) in [6.45, 7) is 0.238. The first-order valence-corrected chi connectivity index (χ1v) is 7.18. The Morgan fingerprint density at radius 3 is 2.40 bits per heavy atom. The predicted molar refractivity (Wildman–Crippen MR) is 70.3 cm³/mol. The number of rotatable bonds is 5. The quantitative estimate of drug-likeness (QED) is 0.894. The Hall–Kier alpha value is -1.10. The summed E-state index contributed by atoms with van der Waals surface area (Å²) in [5.74, 6) is 0.310. The highest BCUT2D eigenvalue weighted by Crippen LogP contribution is 2.62. The van der Waals surface area contributed by atoms with E-state index in [9.17, 15) is 13.2 Å². The zero-order valence-electron chi connectivity index (χ0n) is 11.3. The van der Waals surface area contributed by atoms with Crippen LogP contribution in [0.4, 0.5) is 13.2 Å². The number of halogens is 3. The molecule has 0 aliphatic heterocycles. The molecule has 0 spiro atoms. The van der Waals surface area contributed by atoms with Gasteiger partial charge in [-0.15, -0.1) is 0 Å². The number of aromatic nitrogens is 1. The van der Waals surface area contributed by atoms with Crippen LogP contribution in [0.3, 0.4) is 0 Å². The summed E-state index contributed by atoms with van der Waals surface area (Å²) in [7, 11) is 0. The Bertz CT molecular complexity index is 473. The van der Waals surface area contributed by atoms with Crippen LogP contribution in [0, 0.1) is 5.41 Å². The van der Waals surface area contributed by atoms with E-state index in [2.05, 4.69) is 4.98 Å². The van der Waals surface area contributed by atoms with Gasteiger partial charge in [0.1, 0.15) is 0 Å². The lowest BCUT2D eigenvalue weighted by molar-refractivity contribution is -0.190. The van der Waals surface area contributed by atoms with Crippen molar-refractivity contribution in [2.45, 2.75) is 50.1 Å². The SMILES string of the molecule is NC[C@@H](CC1(C(F)(F)F)CC1)c1ccc(C2CC2)nc1. The molecule has 110 valence electrons. The molecule has 1 aromatic rings. The van der Waals surface area contributed by atoms with E-state index in [1.165, 1.54) is 12.8 Å². The third-order valence-corrected chi connectivity index (χ3v) is 4.65. The maximum Gasteiger partial charge on any atom is 0.394 e. The molecule has 2 nitrogen and oxygen atoms in total. The van der Waals surface area contributed by atoms with Crippen molar-refractivity contribution in [1.82, 2.24) is 4.98 Å². The van der Waals surface area contributed by atoms with Crippen molar-refractivity contribution in [2.75, 3.05) is 6.54 Å². The minimum absolute atomic E-state index is 0.0947. The van der Waals surface area contributed by atoms with E-state index in [0.29, 0.717) is 5.92 Å². The number of nitrogens with zero attached hydrogens (tertiary/aromatic N) is 1. The topological polar surface area (TPSA) is 38.9 Å². The van der Waals surface area contributed by atoms with Crippen molar-refractivity contribution in [2.24, 2.45) is 11.1 Å². The molecular formula is C15H19F3N2. The number of pyridine rings is 1. The van der Waals surface area contributed by atoms with Gasteiger partial charge in [-0.2, -0.15) is 13.2 Å². The highest BCUT2D eigenvalue weighted by Gasteiger charge is 2.63. The molecular weight excluding hydrogens is 265 g/mol. The predicted octanol–water partition coefficient (Wildman–Crippen LogP) is 3.73. The Labute approximate surface area is 116 Å². The second kappa shape index (κ2) is 4.72. The Balaban J connectivity index is 1.73. The lowest BCUT2D eigenvalue weighted by atomic mass is 9.87. The fourth-order valence-corrected chi connectivity index (χ4v) is 2.84. The molecule has 2 fully saturated rings. The summed E-state index contributed by atoms with van der Waals surface area (Å²) in [6.07, 6.45) is 0.520. The van der Waals surface area contributed by atoms with Crippen molar-refractivity contribution < 1.29 is 13.2 Å². The van der Waals surface area contributed by atoms with E-state index in [0.717, 1.165) is 11.3 Å². The van der Waals surface area contributed by atoms with Crippen LogP contribution in [-0.4, -0.2) is 17.7 Å². The van der Waals surface area contributed by atoms with Gasteiger partial charge in [0.2, 0.25) is 0 Å². The number of hydrogen-bond donors (Lipinski definition) is 1. The van der Waals surface area contributed by atoms with Crippen molar-refractivity contribution in [1.29, 1.82) is 0 Å². The average molecular weight is 284 g/mol. The van der Waals surface area contributed by atoms with Gasteiger partial charge in [0, 0.05) is 17.8 Å². The Morgan fingerprint density at radius 2 is 2.00 bits per heavy atom. The van der Waals surface area contributed by atoms with Crippen LogP contribution < -0.4 is 5.73 Å². The molecule has 5 heteroatoms. The van der Waals surface area contributed by atoms with Gasteiger partial charge in [-0.05, 0) is 56.2 Å². The van der Waals surface area contributed by atoms with Gasteiger partial charge in [-0.1, -0.05) is 6.07 Å². The fraction of sp³-hybridized carbons (Fsp3) is 0.667. The molecule has 0 aromatic carbocycles. The molecule has 0 bridgehead atoms. The van der Waals surface area contributed by atoms with E-state index in [1.54, 1.807) is 6.20 Å². The van der Waals surface area contributed by atoms with Gasteiger partial charge in [-0.25, -0.2) is 0 Å². The van der Waals surface area contributed by atoms with Gasteiger partial charge in [0.25, 0.3) is 0 Å². The minimum Gasteiger partial charge on any atom is -0.330 e. The van der Waals surface area contributed by atoms with Crippen LogP contribution in [0.25, 0.3) is 0 Å². The molecule has 2 aliphatic carbocycles. The first-order valence-electron chi connectivity index (χ1n) is 7.18. The van der Waals surface area contributed by atoms with Crippen molar-refractivity contribution in [3.05, 3.63) is 29.6 Å². The molecule has 2 aliphatic rings. The van der Waals surface area contributed by atoms with E-state index in [-0.39, 0.29) is 31.7 Å². The molecule has 20 heavy (non-hydrogen) atoms. The summed E-state index contributed by atoms with van der Waals surface area (Å²) in [5, 5.41) is 0. The van der Waals surface area contributed by atoms with Gasteiger partial charge >= 0.3 is 6.18 Å². The first-order chi connectivity index (χ1) is 9.45. The van der Waals surface area contributed by atoms with Gasteiger partial charge in [0.05, 0.1) is 5.41 Å². The van der Waals surface area contributed by atoms with E-state index in [1.807, 2.05) is 12.1 Å². The molecule has 2 saturated carbocycles. The molecule has 0 amide bonds. The van der Waals surface area contributed by atoms with Gasteiger partial charge in [-0.3, -0.25) is 4.98 Å². The zero-order valence-corrected chi connectivity index (χ0v) is 11.3. The van der Waals surface area contributed by atoms with Crippen LogP contribution >= 0.6 is 0 Å². The summed E-state index contributed by atoms with van der Waals surface area (Å²) in [6, 6.07) is 3.85. The molecule has 1 atom stereocenters.